The molecule has 0 aromatic heterocycles. The Hall–Kier alpha value is -1.55. The Morgan fingerprint density at radius 3 is 2.78 bits per heavy atom. The van der Waals surface area contributed by atoms with E-state index >= 15 is 0 Å². The lowest BCUT2D eigenvalue weighted by atomic mass is 10.1. The highest BCUT2D eigenvalue weighted by Gasteiger charge is 2.10. The average molecular weight is 250 g/mol. The number of para-hydroxylation sites is 1. The van der Waals surface area contributed by atoms with Crippen LogP contribution >= 0.6 is 0 Å². The molecule has 0 aliphatic rings. The molecule has 1 rings (SSSR count). The number of nitrogens with one attached hydrogen (secondary N) is 2. The minimum atomic E-state index is 0.0757. The zero-order valence-corrected chi connectivity index (χ0v) is 11.3. The smallest absolute Gasteiger partial charge is 0.221 e. The zero-order valence-electron chi connectivity index (χ0n) is 11.3. The van der Waals surface area contributed by atoms with E-state index in [4.69, 9.17) is 4.74 Å². The Kier molecular flexibility index (Phi) is 6.22. The van der Waals surface area contributed by atoms with Gasteiger partial charge in [0.15, 0.2) is 0 Å². The lowest BCUT2D eigenvalue weighted by molar-refractivity contribution is -0.121. The van der Waals surface area contributed by atoms with Crippen molar-refractivity contribution in [2.45, 2.75) is 25.8 Å². The maximum atomic E-state index is 11.6. The molecule has 0 aliphatic carbocycles. The van der Waals surface area contributed by atoms with Gasteiger partial charge in [0.2, 0.25) is 5.91 Å². The van der Waals surface area contributed by atoms with Crippen molar-refractivity contribution in [1.29, 1.82) is 0 Å². The second-order valence-electron chi connectivity index (χ2n) is 4.34. The van der Waals surface area contributed by atoms with Crippen LogP contribution in [0.1, 0.15) is 18.9 Å². The Morgan fingerprint density at radius 1 is 1.39 bits per heavy atom. The number of carbonyl (C=O) groups excluding carboxylic acids is 1. The molecule has 0 spiro atoms. The third kappa shape index (κ3) is 4.75. The molecule has 4 heteroatoms. The first kappa shape index (κ1) is 14.5. The largest absolute Gasteiger partial charge is 0.496 e. The van der Waals surface area contributed by atoms with Gasteiger partial charge in [0.05, 0.1) is 7.11 Å². The van der Waals surface area contributed by atoms with Gasteiger partial charge in [-0.15, -0.1) is 0 Å². The predicted molar refractivity (Wildman–Crippen MR) is 72.8 cm³/mol. The van der Waals surface area contributed by atoms with Gasteiger partial charge < -0.3 is 15.4 Å². The van der Waals surface area contributed by atoms with E-state index in [0.717, 1.165) is 17.7 Å². The number of carbonyl (C=O) groups is 1. The summed E-state index contributed by atoms with van der Waals surface area (Å²) >= 11 is 0. The topological polar surface area (TPSA) is 50.4 Å². The highest BCUT2D eigenvalue weighted by atomic mass is 16.5. The van der Waals surface area contributed by atoms with Gasteiger partial charge in [-0.2, -0.15) is 0 Å². The fourth-order valence-corrected chi connectivity index (χ4v) is 1.84. The molecule has 0 aliphatic heterocycles. The van der Waals surface area contributed by atoms with E-state index in [9.17, 15) is 4.79 Å². The van der Waals surface area contributed by atoms with Crippen molar-refractivity contribution in [1.82, 2.24) is 10.6 Å². The molecular weight excluding hydrogens is 228 g/mol. The summed E-state index contributed by atoms with van der Waals surface area (Å²) in [4.78, 5) is 11.6. The summed E-state index contributed by atoms with van der Waals surface area (Å²) < 4.78 is 5.29. The molecular formula is C14H22N2O2. The molecule has 2 N–H and O–H groups in total. The van der Waals surface area contributed by atoms with Gasteiger partial charge in [0.25, 0.3) is 0 Å². The standard InChI is InChI=1S/C14H22N2O2/c1-11(16-14(17)8-9-15-2)10-12-6-4-5-7-13(12)18-3/h4-7,11,15H,8-10H2,1-3H3,(H,16,17). The molecule has 1 atom stereocenters. The van der Waals surface area contributed by atoms with Crippen molar-refractivity contribution in [2.24, 2.45) is 0 Å². The van der Waals surface area contributed by atoms with Crippen molar-refractivity contribution >= 4 is 5.91 Å². The number of hydrogen-bond donors (Lipinski definition) is 2. The molecule has 0 fully saturated rings. The van der Waals surface area contributed by atoms with Crippen LogP contribution < -0.4 is 15.4 Å². The van der Waals surface area contributed by atoms with Gasteiger partial charge in [0.1, 0.15) is 5.75 Å². The summed E-state index contributed by atoms with van der Waals surface area (Å²) in [6.07, 6.45) is 1.28. The number of ether oxygens (including phenoxy) is 1. The first-order chi connectivity index (χ1) is 8.67. The third-order valence-corrected chi connectivity index (χ3v) is 2.73. The minimum Gasteiger partial charge on any atom is -0.496 e. The zero-order chi connectivity index (χ0) is 13.4. The average Bonchev–Trinajstić information content (AvgIpc) is 2.36. The van der Waals surface area contributed by atoms with Gasteiger partial charge in [-0.3, -0.25) is 4.79 Å². The first-order valence-electron chi connectivity index (χ1n) is 6.23. The van der Waals surface area contributed by atoms with Crippen LogP contribution in [-0.4, -0.2) is 32.7 Å². The Labute approximate surface area is 109 Å². The number of hydrogen-bond acceptors (Lipinski definition) is 3. The fourth-order valence-electron chi connectivity index (χ4n) is 1.84. The van der Waals surface area contributed by atoms with Gasteiger partial charge in [-0.1, -0.05) is 18.2 Å². The Morgan fingerprint density at radius 2 is 2.11 bits per heavy atom. The van der Waals surface area contributed by atoms with Crippen LogP contribution in [0, 0.1) is 0 Å². The summed E-state index contributed by atoms with van der Waals surface area (Å²) in [6, 6.07) is 7.98. The fraction of sp³-hybridized carbons (Fsp3) is 0.500. The molecule has 1 unspecified atom stereocenters. The molecule has 0 radical (unpaired) electrons. The van der Waals surface area contributed by atoms with Crippen molar-refractivity contribution in [3.05, 3.63) is 29.8 Å². The molecule has 1 aromatic carbocycles. The minimum absolute atomic E-state index is 0.0757. The van der Waals surface area contributed by atoms with Gasteiger partial charge in [-0.05, 0) is 32.0 Å². The van der Waals surface area contributed by atoms with Crippen molar-refractivity contribution in [3.8, 4) is 5.75 Å². The highest BCUT2D eigenvalue weighted by Crippen LogP contribution is 2.18. The summed E-state index contributed by atoms with van der Waals surface area (Å²) in [5, 5.41) is 5.94. The number of rotatable bonds is 7. The van der Waals surface area contributed by atoms with Crippen LogP contribution in [0.5, 0.6) is 5.75 Å². The van der Waals surface area contributed by atoms with E-state index < -0.39 is 0 Å². The summed E-state index contributed by atoms with van der Waals surface area (Å²) in [7, 11) is 3.50. The van der Waals surface area contributed by atoms with Gasteiger partial charge >= 0.3 is 0 Å². The predicted octanol–water partition coefficient (Wildman–Crippen LogP) is 1.35. The lowest BCUT2D eigenvalue weighted by Crippen LogP contribution is -2.35. The van der Waals surface area contributed by atoms with E-state index in [2.05, 4.69) is 10.6 Å². The van der Waals surface area contributed by atoms with Crippen LogP contribution in [0.3, 0.4) is 0 Å². The van der Waals surface area contributed by atoms with Crippen LogP contribution in [0.4, 0.5) is 0 Å². The van der Waals surface area contributed by atoms with Gasteiger partial charge in [-0.25, -0.2) is 0 Å². The summed E-state index contributed by atoms with van der Waals surface area (Å²) in [5.74, 6) is 0.945. The van der Waals surface area contributed by atoms with Crippen LogP contribution in [0.2, 0.25) is 0 Å². The van der Waals surface area contributed by atoms with Crippen LogP contribution in [-0.2, 0) is 11.2 Å². The van der Waals surface area contributed by atoms with E-state index in [1.54, 1.807) is 7.11 Å². The summed E-state index contributed by atoms with van der Waals surface area (Å²) in [6.45, 7) is 2.71. The summed E-state index contributed by atoms with van der Waals surface area (Å²) in [5.41, 5.74) is 1.11. The monoisotopic (exact) mass is 250 g/mol. The molecule has 1 aromatic rings. The highest BCUT2D eigenvalue weighted by molar-refractivity contribution is 5.76. The number of amides is 1. The second-order valence-corrected chi connectivity index (χ2v) is 4.34. The normalized spacial score (nSPS) is 11.9. The maximum absolute atomic E-state index is 11.6. The molecule has 100 valence electrons. The molecule has 0 bridgehead atoms. The van der Waals surface area contributed by atoms with Crippen molar-refractivity contribution < 1.29 is 9.53 Å². The number of methoxy groups -OCH3 is 1. The molecule has 18 heavy (non-hydrogen) atoms. The molecule has 0 saturated heterocycles. The van der Waals surface area contributed by atoms with E-state index in [1.165, 1.54) is 0 Å². The number of benzene rings is 1. The SMILES string of the molecule is CNCCC(=O)NC(C)Cc1ccccc1OC. The third-order valence-electron chi connectivity index (χ3n) is 2.73. The van der Waals surface area contributed by atoms with E-state index in [0.29, 0.717) is 13.0 Å². The van der Waals surface area contributed by atoms with Gasteiger partial charge in [0, 0.05) is 19.0 Å². The molecule has 0 heterocycles. The second kappa shape index (κ2) is 7.71. The maximum Gasteiger partial charge on any atom is 0.221 e. The van der Waals surface area contributed by atoms with Crippen LogP contribution in [0.15, 0.2) is 24.3 Å². The molecule has 4 nitrogen and oxygen atoms in total. The van der Waals surface area contributed by atoms with Crippen molar-refractivity contribution in [2.75, 3.05) is 20.7 Å². The van der Waals surface area contributed by atoms with E-state index in [-0.39, 0.29) is 11.9 Å². The van der Waals surface area contributed by atoms with Crippen LogP contribution in [0.25, 0.3) is 0 Å². The van der Waals surface area contributed by atoms with Crippen molar-refractivity contribution in [3.63, 3.8) is 0 Å². The Balaban J connectivity index is 2.48. The molecule has 1 amide bonds. The Bertz CT molecular complexity index is 380. The quantitative estimate of drug-likeness (QED) is 0.768. The first-order valence-corrected chi connectivity index (χ1v) is 6.23. The van der Waals surface area contributed by atoms with E-state index in [1.807, 2.05) is 38.2 Å². The lowest BCUT2D eigenvalue weighted by Gasteiger charge is -2.15. The molecule has 0 saturated carbocycles.